The summed E-state index contributed by atoms with van der Waals surface area (Å²) in [6.45, 7) is 3.85. The molecule has 2 aliphatic rings. The fraction of sp³-hybridized carbons (Fsp3) is 0.462. The molecule has 0 aliphatic carbocycles. The second kappa shape index (κ2) is 13.0. The first-order chi connectivity index (χ1) is 18.3. The topological polar surface area (TPSA) is 79.3 Å². The largest absolute Gasteiger partial charge is 0.573 e. The molecule has 2 aliphatic heterocycles. The Labute approximate surface area is 220 Å². The highest BCUT2D eigenvalue weighted by molar-refractivity contribution is 5.94. The maximum Gasteiger partial charge on any atom is 0.573 e. The summed E-state index contributed by atoms with van der Waals surface area (Å²) in [6.07, 6.45) is -5.34. The minimum atomic E-state index is -5.08. The van der Waals surface area contributed by atoms with Crippen LogP contribution in [0.15, 0.2) is 48.5 Å². The van der Waals surface area contributed by atoms with E-state index in [-0.39, 0.29) is 29.9 Å². The fourth-order valence-corrected chi connectivity index (χ4v) is 4.42. The summed E-state index contributed by atoms with van der Waals surface area (Å²) in [7, 11) is 0. The molecule has 13 heteroatoms. The molecule has 7 nitrogen and oxygen atoms in total. The van der Waals surface area contributed by atoms with Gasteiger partial charge in [-0.05, 0) is 69.1 Å². The fourth-order valence-electron chi connectivity index (χ4n) is 4.42. The number of ether oxygens (including phenoxy) is 2. The van der Waals surface area contributed by atoms with E-state index in [2.05, 4.69) is 9.64 Å². The molecule has 214 valence electrons. The molecule has 0 saturated carbocycles. The van der Waals surface area contributed by atoms with Crippen LogP contribution in [-0.4, -0.2) is 71.5 Å². The van der Waals surface area contributed by atoms with E-state index in [4.69, 9.17) is 14.6 Å². The number of aliphatic carboxylic acids is 1. The van der Waals surface area contributed by atoms with Crippen molar-refractivity contribution in [1.82, 2.24) is 9.80 Å². The molecule has 0 aromatic heterocycles. The molecule has 39 heavy (non-hydrogen) atoms. The van der Waals surface area contributed by atoms with Gasteiger partial charge in [0.25, 0.3) is 5.91 Å². The number of carbonyl (C=O) groups excluding carboxylic acids is 1. The van der Waals surface area contributed by atoms with Crippen molar-refractivity contribution in [2.45, 2.75) is 50.9 Å². The van der Waals surface area contributed by atoms with Crippen molar-refractivity contribution >= 4 is 11.9 Å². The summed E-state index contributed by atoms with van der Waals surface area (Å²) in [6, 6.07) is 12.9. The minimum absolute atomic E-state index is 0.0159. The van der Waals surface area contributed by atoms with Crippen LogP contribution in [0, 0.1) is 0 Å². The monoisotopic (exact) mass is 562 g/mol. The highest BCUT2D eigenvalue weighted by Crippen LogP contribution is 2.28. The van der Waals surface area contributed by atoms with Crippen molar-refractivity contribution in [1.29, 1.82) is 0 Å². The molecule has 2 heterocycles. The van der Waals surface area contributed by atoms with Crippen LogP contribution in [0.3, 0.4) is 0 Å². The Morgan fingerprint density at radius 3 is 2.10 bits per heavy atom. The zero-order valence-electron chi connectivity index (χ0n) is 20.8. The summed E-state index contributed by atoms with van der Waals surface area (Å²) >= 11 is 0. The van der Waals surface area contributed by atoms with Crippen molar-refractivity contribution < 1.29 is 50.5 Å². The number of nitrogens with zero attached hydrogens (tertiary/aromatic N) is 2. The van der Waals surface area contributed by atoms with Crippen molar-refractivity contribution in [3.8, 4) is 11.5 Å². The van der Waals surface area contributed by atoms with Crippen LogP contribution < -0.4 is 9.47 Å². The average molecular weight is 563 g/mol. The quantitative estimate of drug-likeness (QED) is 0.450. The molecule has 2 fully saturated rings. The predicted octanol–water partition coefficient (Wildman–Crippen LogP) is 5.50. The minimum Gasteiger partial charge on any atom is -0.489 e. The van der Waals surface area contributed by atoms with E-state index in [9.17, 15) is 31.1 Å². The second-order valence-electron chi connectivity index (χ2n) is 9.07. The Bertz CT molecular complexity index is 1100. The summed E-state index contributed by atoms with van der Waals surface area (Å²) in [5, 5.41) is 7.12. The lowest BCUT2D eigenvalue weighted by Gasteiger charge is -2.28. The first kappa shape index (κ1) is 30.1. The molecule has 0 radical (unpaired) electrons. The van der Waals surface area contributed by atoms with Gasteiger partial charge in [0.15, 0.2) is 0 Å². The van der Waals surface area contributed by atoms with E-state index in [1.165, 1.54) is 31.0 Å². The molecule has 1 amide bonds. The van der Waals surface area contributed by atoms with E-state index in [1.807, 2.05) is 4.90 Å². The number of benzene rings is 2. The number of likely N-dealkylation sites (tertiary alicyclic amines) is 2. The van der Waals surface area contributed by atoms with Crippen LogP contribution in [0.1, 0.15) is 41.6 Å². The van der Waals surface area contributed by atoms with Crippen LogP contribution in [0.5, 0.6) is 11.5 Å². The van der Waals surface area contributed by atoms with Crippen LogP contribution in [0.25, 0.3) is 0 Å². The highest BCUT2D eigenvalue weighted by Gasteiger charge is 2.38. The average Bonchev–Trinajstić information content (AvgIpc) is 3.55. The number of para-hydroxylation sites is 1. The Hall–Kier alpha value is -3.48. The Morgan fingerprint density at radius 2 is 1.51 bits per heavy atom. The van der Waals surface area contributed by atoms with E-state index >= 15 is 0 Å². The molecule has 0 bridgehead atoms. The molecule has 2 aromatic rings. The summed E-state index contributed by atoms with van der Waals surface area (Å²) < 4.78 is 79.1. The molecule has 2 saturated heterocycles. The van der Waals surface area contributed by atoms with Gasteiger partial charge in [-0.15, -0.1) is 13.2 Å². The summed E-state index contributed by atoms with van der Waals surface area (Å²) in [5.74, 6) is -2.56. The maximum absolute atomic E-state index is 13.0. The third kappa shape index (κ3) is 9.34. The SMILES string of the molecule is O=C(O)C(F)(F)F.O=C(c1ccc(OCc2ccccc2OC(F)(F)F)cc1)N1CCCC1CN1CCCC1. The smallest absolute Gasteiger partial charge is 0.489 e. The van der Waals surface area contributed by atoms with Crippen LogP contribution in [0.2, 0.25) is 0 Å². The third-order valence-electron chi connectivity index (χ3n) is 6.24. The first-order valence-electron chi connectivity index (χ1n) is 12.2. The van der Waals surface area contributed by atoms with Gasteiger partial charge in [-0.3, -0.25) is 4.79 Å². The Kier molecular flexibility index (Phi) is 10.1. The number of hydrogen-bond donors (Lipinski definition) is 1. The van der Waals surface area contributed by atoms with E-state index in [0.29, 0.717) is 11.3 Å². The summed E-state index contributed by atoms with van der Waals surface area (Å²) in [4.78, 5) is 26.3. The van der Waals surface area contributed by atoms with E-state index in [1.54, 1.807) is 30.3 Å². The van der Waals surface area contributed by atoms with Crippen LogP contribution >= 0.6 is 0 Å². The van der Waals surface area contributed by atoms with Gasteiger partial charge in [0.1, 0.15) is 18.1 Å². The second-order valence-corrected chi connectivity index (χ2v) is 9.07. The molecule has 0 spiro atoms. The van der Waals surface area contributed by atoms with Gasteiger partial charge in [-0.1, -0.05) is 18.2 Å². The van der Waals surface area contributed by atoms with E-state index in [0.717, 1.165) is 39.0 Å². The zero-order valence-corrected chi connectivity index (χ0v) is 20.8. The van der Waals surface area contributed by atoms with Gasteiger partial charge in [0.05, 0.1) is 0 Å². The predicted molar refractivity (Wildman–Crippen MR) is 127 cm³/mol. The number of alkyl halides is 6. The molecule has 2 aromatic carbocycles. The summed E-state index contributed by atoms with van der Waals surface area (Å²) in [5.41, 5.74) is 0.873. The number of carboxylic acids is 1. The maximum atomic E-state index is 13.0. The molecular weight excluding hydrogens is 534 g/mol. The van der Waals surface area contributed by atoms with Crippen molar-refractivity contribution in [2.24, 2.45) is 0 Å². The van der Waals surface area contributed by atoms with E-state index < -0.39 is 18.5 Å². The van der Waals surface area contributed by atoms with Crippen molar-refractivity contribution in [3.63, 3.8) is 0 Å². The number of halogens is 6. The van der Waals surface area contributed by atoms with Crippen LogP contribution in [-0.2, 0) is 11.4 Å². The highest BCUT2D eigenvalue weighted by atomic mass is 19.4. The van der Waals surface area contributed by atoms with Gasteiger partial charge in [0, 0.05) is 30.3 Å². The molecule has 4 rings (SSSR count). The lowest BCUT2D eigenvalue weighted by Crippen LogP contribution is -2.42. The molecule has 1 N–H and O–H groups in total. The Morgan fingerprint density at radius 1 is 0.897 bits per heavy atom. The number of carbonyl (C=O) groups is 2. The Balaban J connectivity index is 0.000000532. The number of rotatable bonds is 7. The van der Waals surface area contributed by atoms with Gasteiger partial charge in [-0.2, -0.15) is 13.2 Å². The standard InChI is InChI=1S/C24H27F3N2O3.C2HF3O2/c25-24(26,27)32-22-8-2-1-6-19(22)17-31-21-11-9-18(10-12-21)23(30)29-15-5-7-20(29)16-28-13-3-4-14-28;3-2(4,5)1(6)7/h1-2,6,8-12,20H,3-5,7,13-17H2;(H,6,7). The molecule has 1 atom stereocenters. The van der Waals surface area contributed by atoms with Gasteiger partial charge in [0.2, 0.25) is 0 Å². The first-order valence-corrected chi connectivity index (χ1v) is 12.2. The van der Waals surface area contributed by atoms with Crippen molar-refractivity contribution in [3.05, 3.63) is 59.7 Å². The lowest BCUT2D eigenvalue weighted by atomic mass is 10.1. The number of amides is 1. The third-order valence-corrected chi connectivity index (χ3v) is 6.24. The van der Waals surface area contributed by atoms with Gasteiger partial charge < -0.3 is 24.4 Å². The number of hydrogen-bond acceptors (Lipinski definition) is 5. The van der Waals surface area contributed by atoms with Crippen LogP contribution in [0.4, 0.5) is 26.3 Å². The van der Waals surface area contributed by atoms with Gasteiger partial charge in [-0.25, -0.2) is 4.79 Å². The zero-order chi connectivity index (χ0) is 28.6. The normalized spacial score (nSPS) is 17.9. The lowest BCUT2D eigenvalue weighted by molar-refractivity contribution is -0.275. The molecule has 1 unspecified atom stereocenters. The van der Waals surface area contributed by atoms with Gasteiger partial charge >= 0.3 is 18.5 Å². The molecular formula is C26H28F6N2O5. The van der Waals surface area contributed by atoms with Crippen molar-refractivity contribution in [2.75, 3.05) is 26.2 Å². The number of carboxylic acid groups (broad SMARTS) is 1.